The topological polar surface area (TPSA) is 75.6 Å². The van der Waals surface area contributed by atoms with Crippen LogP contribution in [0.15, 0.2) is 18.2 Å². The first-order chi connectivity index (χ1) is 10.5. The highest BCUT2D eigenvalue weighted by atomic mass is 16.5. The van der Waals surface area contributed by atoms with Crippen molar-refractivity contribution >= 4 is 11.9 Å². The third-order valence-corrected chi connectivity index (χ3v) is 3.54. The Morgan fingerprint density at radius 3 is 2.50 bits per heavy atom. The van der Waals surface area contributed by atoms with Gasteiger partial charge < -0.3 is 15.2 Å². The van der Waals surface area contributed by atoms with Crippen LogP contribution in [0.3, 0.4) is 0 Å². The van der Waals surface area contributed by atoms with Crippen molar-refractivity contribution in [1.82, 2.24) is 5.32 Å². The van der Waals surface area contributed by atoms with E-state index < -0.39 is 5.97 Å². The van der Waals surface area contributed by atoms with Crippen LogP contribution >= 0.6 is 0 Å². The van der Waals surface area contributed by atoms with E-state index >= 15 is 0 Å². The van der Waals surface area contributed by atoms with Crippen LogP contribution in [0.4, 0.5) is 0 Å². The zero-order valence-electron chi connectivity index (χ0n) is 13.4. The lowest BCUT2D eigenvalue weighted by atomic mass is 10.1. The number of methoxy groups -OCH3 is 1. The maximum Gasteiger partial charge on any atom is 0.303 e. The Bertz CT molecular complexity index is 499. The van der Waals surface area contributed by atoms with Gasteiger partial charge in [-0.3, -0.25) is 9.59 Å². The molecule has 0 radical (unpaired) electrons. The first-order valence-electron chi connectivity index (χ1n) is 7.69. The lowest BCUT2D eigenvalue weighted by Gasteiger charge is -2.09. The summed E-state index contributed by atoms with van der Waals surface area (Å²) >= 11 is 0. The number of nitrogens with one attached hydrogen (secondary N) is 1. The Morgan fingerprint density at radius 2 is 1.82 bits per heavy atom. The number of carbonyl (C=O) groups is 2. The summed E-state index contributed by atoms with van der Waals surface area (Å²) in [4.78, 5) is 22.5. The molecule has 5 nitrogen and oxygen atoms in total. The molecule has 0 spiro atoms. The second-order valence-corrected chi connectivity index (χ2v) is 5.35. The number of hydrogen-bond acceptors (Lipinski definition) is 3. The van der Waals surface area contributed by atoms with Gasteiger partial charge in [0.2, 0.25) is 0 Å². The molecule has 0 aliphatic heterocycles. The van der Waals surface area contributed by atoms with Crippen LogP contribution in [0.2, 0.25) is 0 Å². The fraction of sp³-hybridized carbons (Fsp3) is 0.529. The van der Waals surface area contributed by atoms with Crippen LogP contribution in [-0.4, -0.2) is 30.6 Å². The van der Waals surface area contributed by atoms with Crippen molar-refractivity contribution in [1.29, 1.82) is 0 Å². The van der Waals surface area contributed by atoms with E-state index in [9.17, 15) is 9.59 Å². The molecule has 0 saturated carbocycles. The Hall–Kier alpha value is -2.04. The van der Waals surface area contributed by atoms with E-state index in [0.29, 0.717) is 17.9 Å². The quantitative estimate of drug-likeness (QED) is 0.651. The molecule has 22 heavy (non-hydrogen) atoms. The molecule has 0 fully saturated rings. The number of carboxylic acids is 1. The number of amides is 1. The molecule has 1 aromatic rings. The van der Waals surface area contributed by atoms with Crippen molar-refractivity contribution in [3.63, 3.8) is 0 Å². The molecule has 0 unspecified atom stereocenters. The van der Waals surface area contributed by atoms with Crippen molar-refractivity contribution in [2.24, 2.45) is 0 Å². The molecule has 0 aliphatic rings. The Labute approximate surface area is 131 Å². The van der Waals surface area contributed by atoms with E-state index in [1.165, 1.54) is 0 Å². The number of rotatable bonds is 10. The number of benzene rings is 1. The molecule has 122 valence electrons. The van der Waals surface area contributed by atoms with Crippen LogP contribution in [0.5, 0.6) is 5.75 Å². The molecule has 0 aromatic heterocycles. The standard InChI is InChI=1S/C17H25NO4/c1-13-9-10-14(22-2)12-15(13)17(21)18-11-7-5-3-4-6-8-16(19)20/h9-10,12H,3-8,11H2,1-2H3,(H,18,21)(H,19,20). The van der Waals surface area contributed by atoms with Crippen molar-refractivity contribution < 1.29 is 19.4 Å². The molecule has 2 N–H and O–H groups in total. The second-order valence-electron chi connectivity index (χ2n) is 5.35. The molecule has 5 heteroatoms. The van der Waals surface area contributed by atoms with Gasteiger partial charge in [0.05, 0.1) is 7.11 Å². The van der Waals surface area contributed by atoms with Gasteiger partial charge in [0.25, 0.3) is 5.91 Å². The molecule has 1 rings (SSSR count). The van der Waals surface area contributed by atoms with Gasteiger partial charge in [0.15, 0.2) is 0 Å². The molecular weight excluding hydrogens is 282 g/mol. The maximum atomic E-state index is 12.1. The molecule has 0 aliphatic carbocycles. The highest BCUT2D eigenvalue weighted by Gasteiger charge is 2.09. The Balaban J connectivity index is 2.22. The summed E-state index contributed by atoms with van der Waals surface area (Å²) in [6, 6.07) is 5.45. The van der Waals surface area contributed by atoms with E-state index in [1.54, 1.807) is 13.2 Å². The minimum Gasteiger partial charge on any atom is -0.497 e. The predicted molar refractivity (Wildman–Crippen MR) is 85.4 cm³/mol. The van der Waals surface area contributed by atoms with Crippen LogP contribution in [0, 0.1) is 6.92 Å². The minimum absolute atomic E-state index is 0.0812. The summed E-state index contributed by atoms with van der Waals surface area (Å²) in [6.07, 6.45) is 4.80. The van der Waals surface area contributed by atoms with Crippen molar-refractivity contribution in [2.45, 2.75) is 45.4 Å². The summed E-state index contributed by atoms with van der Waals surface area (Å²) < 4.78 is 5.14. The molecule has 1 aromatic carbocycles. The van der Waals surface area contributed by atoms with Gasteiger partial charge in [-0.15, -0.1) is 0 Å². The molecular formula is C17H25NO4. The third-order valence-electron chi connectivity index (χ3n) is 3.54. The lowest BCUT2D eigenvalue weighted by molar-refractivity contribution is -0.137. The third kappa shape index (κ3) is 6.61. The average Bonchev–Trinajstić information content (AvgIpc) is 2.49. The lowest BCUT2D eigenvalue weighted by Crippen LogP contribution is -2.25. The first-order valence-corrected chi connectivity index (χ1v) is 7.69. The molecule has 1 amide bonds. The second kappa shape index (κ2) is 9.82. The number of hydrogen-bond donors (Lipinski definition) is 2. The summed E-state index contributed by atoms with van der Waals surface area (Å²) in [6.45, 7) is 2.53. The average molecular weight is 307 g/mol. The molecule has 0 atom stereocenters. The molecule has 0 heterocycles. The van der Waals surface area contributed by atoms with Crippen molar-refractivity contribution in [3.05, 3.63) is 29.3 Å². The van der Waals surface area contributed by atoms with Crippen LogP contribution in [0.1, 0.15) is 54.4 Å². The van der Waals surface area contributed by atoms with Crippen LogP contribution in [-0.2, 0) is 4.79 Å². The van der Waals surface area contributed by atoms with Crippen molar-refractivity contribution in [2.75, 3.05) is 13.7 Å². The number of unbranched alkanes of at least 4 members (excludes halogenated alkanes) is 4. The van der Waals surface area contributed by atoms with Gasteiger partial charge in [-0.05, 0) is 37.5 Å². The largest absolute Gasteiger partial charge is 0.497 e. The van der Waals surface area contributed by atoms with E-state index in [-0.39, 0.29) is 12.3 Å². The smallest absolute Gasteiger partial charge is 0.303 e. The van der Waals surface area contributed by atoms with E-state index in [4.69, 9.17) is 9.84 Å². The summed E-state index contributed by atoms with van der Waals surface area (Å²) in [5.74, 6) is -0.141. The van der Waals surface area contributed by atoms with E-state index in [0.717, 1.165) is 37.7 Å². The van der Waals surface area contributed by atoms with Crippen LogP contribution < -0.4 is 10.1 Å². The number of carbonyl (C=O) groups excluding carboxylic acids is 1. The maximum absolute atomic E-state index is 12.1. The number of aryl methyl sites for hydroxylation is 1. The summed E-state index contributed by atoms with van der Waals surface area (Å²) in [5, 5.41) is 11.4. The zero-order valence-corrected chi connectivity index (χ0v) is 13.4. The number of ether oxygens (including phenoxy) is 1. The van der Waals surface area contributed by atoms with Gasteiger partial charge in [0.1, 0.15) is 5.75 Å². The van der Waals surface area contributed by atoms with Gasteiger partial charge >= 0.3 is 5.97 Å². The van der Waals surface area contributed by atoms with Crippen molar-refractivity contribution in [3.8, 4) is 5.75 Å². The Kier molecular flexibility index (Phi) is 8.04. The first kappa shape index (κ1) is 18.0. The highest BCUT2D eigenvalue weighted by molar-refractivity contribution is 5.96. The summed E-state index contributed by atoms with van der Waals surface area (Å²) in [7, 11) is 1.58. The van der Waals surface area contributed by atoms with E-state index in [2.05, 4.69) is 5.32 Å². The molecule has 0 saturated heterocycles. The fourth-order valence-corrected chi connectivity index (χ4v) is 2.20. The van der Waals surface area contributed by atoms with Gasteiger partial charge in [-0.2, -0.15) is 0 Å². The number of carboxylic acid groups (broad SMARTS) is 1. The summed E-state index contributed by atoms with van der Waals surface area (Å²) in [5.41, 5.74) is 1.56. The predicted octanol–water partition coefficient (Wildman–Crippen LogP) is 3.16. The highest BCUT2D eigenvalue weighted by Crippen LogP contribution is 2.16. The van der Waals surface area contributed by atoms with E-state index in [1.807, 2.05) is 19.1 Å². The Morgan fingerprint density at radius 1 is 1.14 bits per heavy atom. The zero-order chi connectivity index (χ0) is 16.4. The minimum atomic E-state index is -0.735. The fourth-order valence-electron chi connectivity index (χ4n) is 2.20. The van der Waals surface area contributed by atoms with Gasteiger partial charge in [-0.1, -0.05) is 25.3 Å². The van der Waals surface area contributed by atoms with Gasteiger partial charge in [0, 0.05) is 18.5 Å². The molecule has 0 bridgehead atoms. The SMILES string of the molecule is COc1ccc(C)c(C(=O)NCCCCCCCC(=O)O)c1. The number of aliphatic carboxylic acids is 1. The van der Waals surface area contributed by atoms with Gasteiger partial charge in [-0.25, -0.2) is 0 Å². The monoisotopic (exact) mass is 307 g/mol. The normalized spacial score (nSPS) is 10.3. The van der Waals surface area contributed by atoms with Crippen LogP contribution in [0.25, 0.3) is 0 Å².